The molecule has 0 saturated carbocycles. The van der Waals surface area contributed by atoms with Crippen LogP contribution < -0.4 is 10.1 Å². The fourth-order valence-electron chi connectivity index (χ4n) is 1.80. The average Bonchev–Trinajstić information content (AvgIpc) is 2.40. The van der Waals surface area contributed by atoms with E-state index in [1.54, 1.807) is 25.3 Å². The lowest BCUT2D eigenvalue weighted by Crippen LogP contribution is -2.02. The number of hydrogen-bond donors (Lipinski definition) is 1. The van der Waals surface area contributed by atoms with Crippen LogP contribution in [0.2, 0.25) is 5.02 Å². The number of benzene rings is 2. The molecule has 2 rings (SSSR count). The first kappa shape index (κ1) is 13.7. The summed E-state index contributed by atoms with van der Waals surface area (Å²) < 4.78 is 18.3. The van der Waals surface area contributed by atoms with Gasteiger partial charge in [0.25, 0.3) is 0 Å². The molecule has 0 bridgehead atoms. The van der Waals surface area contributed by atoms with Crippen molar-refractivity contribution >= 4 is 17.3 Å². The summed E-state index contributed by atoms with van der Waals surface area (Å²) >= 11 is 6.04. The van der Waals surface area contributed by atoms with E-state index >= 15 is 0 Å². The number of methoxy groups -OCH3 is 1. The Morgan fingerprint density at radius 3 is 2.68 bits per heavy atom. The van der Waals surface area contributed by atoms with Crippen LogP contribution in [0.1, 0.15) is 11.1 Å². The highest BCUT2D eigenvalue weighted by Gasteiger charge is 2.03. The number of halogens is 2. The topological polar surface area (TPSA) is 21.3 Å². The van der Waals surface area contributed by atoms with E-state index in [0.29, 0.717) is 17.3 Å². The number of anilines is 1. The first-order valence-electron chi connectivity index (χ1n) is 5.92. The van der Waals surface area contributed by atoms with E-state index < -0.39 is 0 Å². The summed E-state index contributed by atoms with van der Waals surface area (Å²) in [5.74, 6) is 0.407. The lowest BCUT2D eigenvalue weighted by atomic mass is 10.1. The summed E-state index contributed by atoms with van der Waals surface area (Å²) in [6, 6.07) is 10.2. The predicted octanol–water partition coefficient (Wildman–Crippen LogP) is 4.41. The quantitative estimate of drug-likeness (QED) is 0.895. The summed E-state index contributed by atoms with van der Waals surface area (Å²) in [7, 11) is 1.57. The molecular formula is C15H15ClFNO. The van der Waals surface area contributed by atoms with Gasteiger partial charge in [-0.25, -0.2) is 4.39 Å². The van der Waals surface area contributed by atoms with Crippen LogP contribution in [0.5, 0.6) is 5.75 Å². The molecule has 2 aromatic rings. The third-order valence-electron chi connectivity index (χ3n) is 2.95. The maximum atomic E-state index is 13.2. The van der Waals surface area contributed by atoms with Crippen LogP contribution in [0.25, 0.3) is 0 Å². The minimum atomic E-state index is -0.227. The number of nitrogens with one attached hydrogen (secondary N) is 1. The molecule has 100 valence electrons. The Labute approximate surface area is 117 Å². The molecular weight excluding hydrogens is 265 g/mol. The smallest absolute Gasteiger partial charge is 0.137 e. The lowest BCUT2D eigenvalue weighted by molar-refractivity contribution is 0.415. The Kier molecular flexibility index (Phi) is 4.27. The van der Waals surface area contributed by atoms with E-state index in [1.807, 2.05) is 13.0 Å². The highest BCUT2D eigenvalue weighted by Crippen LogP contribution is 2.27. The van der Waals surface area contributed by atoms with Crippen molar-refractivity contribution < 1.29 is 9.13 Å². The molecule has 1 N–H and O–H groups in total. The highest BCUT2D eigenvalue weighted by atomic mass is 35.5. The van der Waals surface area contributed by atoms with E-state index in [1.165, 1.54) is 12.1 Å². The van der Waals surface area contributed by atoms with Crippen LogP contribution in [-0.2, 0) is 6.54 Å². The third kappa shape index (κ3) is 3.38. The van der Waals surface area contributed by atoms with Crippen LogP contribution in [-0.4, -0.2) is 7.11 Å². The van der Waals surface area contributed by atoms with Gasteiger partial charge in [0.15, 0.2) is 0 Å². The second kappa shape index (κ2) is 5.93. The molecule has 0 unspecified atom stereocenters. The molecule has 0 saturated heterocycles. The normalized spacial score (nSPS) is 10.3. The van der Waals surface area contributed by atoms with Crippen LogP contribution >= 0.6 is 11.6 Å². The summed E-state index contributed by atoms with van der Waals surface area (Å²) in [4.78, 5) is 0. The summed E-state index contributed by atoms with van der Waals surface area (Å²) in [6.07, 6.45) is 0. The molecule has 0 atom stereocenters. The van der Waals surface area contributed by atoms with Gasteiger partial charge in [-0.05, 0) is 48.4 Å². The second-order valence-corrected chi connectivity index (χ2v) is 4.68. The minimum absolute atomic E-state index is 0.227. The zero-order valence-electron chi connectivity index (χ0n) is 10.8. The van der Waals surface area contributed by atoms with Crippen molar-refractivity contribution in [3.8, 4) is 5.75 Å². The van der Waals surface area contributed by atoms with Crippen molar-refractivity contribution in [3.63, 3.8) is 0 Å². The Morgan fingerprint density at radius 2 is 2.00 bits per heavy atom. The van der Waals surface area contributed by atoms with Crippen molar-refractivity contribution in [2.75, 3.05) is 12.4 Å². The molecule has 0 aliphatic heterocycles. The molecule has 0 amide bonds. The maximum absolute atomic E-state index is 13.2. The van der Waals surface area contributed by atoms with Gasteiger partial charge in [-0.1, -0.05) is 17.7 Å². The summed E-state index contributed by atoms with van der Waals surface area (Å²) in [5.41, 5.74) is 2.84. The number of rotatable bonds is 4. The molecule has 0 aromatic heterocycles. The van der Waals surface area contributed by atoms with Gasteiger partial charge in [0, 0.05) is 12.2 Å². The highest BCUT2D eigenvalue weighted by molar-refractivity contribution is 6.32. The van der Waals surface area contributed by atoms with Gasteiger partial charge in [0.2, 0.25) is 0 Å². The van der Waals surface area contributed by atoms with Crippen molar-refractivity contribution in [1.82, 2.24) is 0 Å². The summed E-state index contributed by atoms with van der Waals surface area (Å²) in [6.45, 7) is 2.50. The fraction of sp³-hybridized carbons (Fsp3) is 0.200. The van der Waals surface area contributed by atoms with E-state index in [2.05, 4.69) is 5.32 Å². The Balaban J connectivity index is 2.10. The Hall–Kier alpha value is -1.74. The van der Waals surface area contributed by atoms with Crippen LogP contribution in [0.15, 0.2) is 36.4 Å². The zero-order chi connectivity index (χ0) is 13.8. The summed E-state index contributed by atoms with van der Waals surface area (Å²) in [5, 5.41) is 3.76. The molecule has 2 aromatic carbocycles. The molecule has 0 fully saturated rings. The molecule has 19 heavy (non-hydrogen) atoms. The van der Waals surface area contributed by atoms with Gasteiger partial charge in [-0.3, -0.25) is 0 Å². The molecule has 0 heterocycles. The average molecular weight is 280 g/mol. The number of ether oxygens (including phenoxy) is 1. The van der Waals surface area contributed by atoms with Crippen molar-refractivity contribution in [1.29, 1.82) is 0 Å². The molecule has 0 spiro atoms. The monoisotopic (exact) mass is 279 g/mol. The van der Waals surface area contributed by atoms with Crippen LogP contribution in [0.3, 0.4) is 0 Å². The lowest BCUT2D eigenvalue weighted by Gasteiger charge is -2.11. The van der Waals surface area contributed by atoms with E-state index in [9.17, 15) is 4.39 Å². The van der Waals surface area contributed by atoms with E-state index in [-0.39, 0.29) is 5.82 Å². The van der Waals surface area contributed by atoms with Gasteiger partial charge in [0.1, 0.15) is 11.6 Å². The van der Waals surface area contributed by atoms with Gasteiger partial charge >= 0.3 is 0 Å². The van der Waals surface area contributed by atoms with Crippen molar-refractivity contribution in [3.05, 3.63) is 58.4 Å². The largest absolute Gasteiger partial charge is 0.495 e. The van der Waals surface area contributed by atoms with E-state index in [0.717, 1.165) is 16.8 Å². The second-order valence-electron chi connectivity index (χ2n) is 4.27. The fourth-order valence-corrected chi connectivity index (χ4v) is 2.06. The molecule has 4 heteroatoms. The predicted molar refractivity (Wildman–Crippen MR) is 76.5 cm³/mol. The van der Waals surface area contributed by atoms with Crippen molar-refractivity contribution in [2.45, 2.75) is 13.5 Å². The van der Waals surface area contributed by atoms with Gasteiger partial charge < -0.3 is 10.1 Å². The molecule has 2 nitrogen and oxygen atoms in total. The molecule has 0 aliphatic carbocycles. The first-order chi connectivity index (χ1) is 9.10. The van der Waals surface area contributed by atoms with E-state index in [4.69, 9.17) is 16.3 Å². The zero-order valence-corrected chi connectivity index (χ0v) is 11.6. The minimum Gasteiger partial charge on any atom is -0.495 e. The van der Waals surface area contributed by atoms with Gasteiger partial charge in [-0.15, -0.1) is 0 Å². The van der Waals surface area contributed by atoms with Gasteiger partial charge in [0.05, 0.1) is 12.1 Å². The first-order valence-corrected chi connectivity index (χ1v) is 6.30. The van der Waals surface area contributed by atoms with Crippen LogP contribution in [0.4, 0.5) is 10.1 Å². The third-order valence-corrected chi connectivity index (χ3v) is 3.24. The maximum Gasteiger partial charge on any atom is 0.137 e. The van der Waals surface area contributed by atoms with Gasteiger partial charge in [-0.2, -0.15) is 0 Å². The number of aryl methyl sites for hydroxylation is 1. The van der Waals surface area contributed by atoms with Crippen LogP contribution in [0, 0.1) is 12.7 Å². The molecule has 0 radical (unpaired) electrons. The Bertz CT molecular complexity index is 586. The molecule has 0 aliphatic rings. The standard InChI is InChI=1S/C15H15ClFNO/c1-10-3-4-12(17)7-11(10)9-18-13-5-6-15(19-2)14(16)8-13/h3-8,18H,9H2,1-2H3. The SMILES string of the molecule is COc1ccc(NCc2cc(F)ccc2C)cc1Cl. The number of hydrogen-bond acceptors (Lipinski definition) is 2. The van der Waals surface area contributed by atoms with Crippen molar-refractivity contribution in [2.24, 2.45) is 0 Å². The Morgan fingerprint density at radius 1 is 1.21 bits per heavy atom.